The summed E-state index contributed by atoms with van der Waals surface area (Å²) < 4.78 is 36.4. The van der Waals surface area contributed by atoms with Gasteiger partial charge in [-0.15, -0.1) is 0 Å². The summed E-state index contributed by atoms with van der Waals surface area (Å²) in [6.45, 7) is 19.2. The van der Waals surface area contributed by atoms with E-state index in [9.17, 15) is 4.79 Å². The first-order valence-corrected chi connectivity index (χ1v) is 13.0. The fraction of sp³-hybridized carbons (Fsp3) is 0.500. The topological polar surface area (TPSA) is 76.4 Å². The van der Waals surface area contributed by atoms with Crippen LogP contribution < -0.4 is 29.1 Å². The van der Waals surface area contributed by atoms with Crippen LogP contribution in [0.25, 0.3) is 22.3 Å². The van der Waals surface area contributed by atoms with E-state index in [4.69, 9.17) is 28.1 Å². The van der Waals surface area contributed by atoms with E-state index in [0.29, 0.717) is 45.3 Å². The zero-order chi connectivity index (χ0) is 27.4. The minimum atomic E-state index is -0.314. The molecule has 0 spiro atoms. The highest BCUT2D eigenvalue weighted by Gasteiger charge is 2.24. The molecule has 0 saturated carbocycles. The van der Waals surface area contributed by atoms with Crippen molar-refractivity contribution in [2.75, 3.05) is 0 Å². The summed E-state index contributed by atoms with van der Waals surface area (Å²) in [7, 11) is 0. The van der Waals surface area contributed by atoms with Crippen molar-refractivity contribution in [3.63, 3.8) is 0 Å². The van der Waals surface area contributed by atoms with Crippen molar-refractivity contribution in [1.29, 1.82) is 0 Å². The molecule has 1 heterocycles. The van der Waals surface area contributed by atoms with Crippen molar-refractivity contribution in [2.24, 2.45) is 0 Å². The predicted molar refractivity (Wildman–Crippen MR) is 147 cm³/mol. The molecule has 3 aromatic rings. The molecular formula is C30H40O7. The van der Waals surface area contributed by atoms with Gasteiger partial charge in [-0.05, 0) is 87.4 Å². The van der Waals surface area contributed by atoms with E-state index in [1.54, 1.807) is 12.1 Å². The molecule has 0 radical (unpaired) electrons. The Bertz CT molecular complexity index is 1270. The molecule has 0 saturated heterocycles. The largest absolute Gasteiger partial charge is 0.491 e. The van der Waals surface area contributed by atoms with Gasteiger partial charge in [-0.2, -0.15) is 0 Å². The quantitative estimate of drug-likeness (QED) is 0.265. The maximum atomic E-state index is 13.9. The number of hydrogen-bond donors (Lipinski definition) is 0. The number of ether oxygens (including phenoxy) is 5. The highest BCUT2D eigenvalue weighted by Crippen LogP contribution is 2.40. The molecule has 2 aromatic carbocycles. The zero-order valence-electron chi connectivity index (χ0n) is 23.6. The third-order valence-corrected chi connectivity index (χ3v) is 4.91. The van der Waals surface area contributed by atoms with Crippen LogP contribution in [0.3, 0.4) is 0 Å². The molecular weight excluding hydrogens is 472 g/mol. The maximum Gasteiger partial charge on any atom is 0.239 e. The van der Waals surface area contributed by atoms with Crippen LogP contribution in [-0.2, 0) is 0 Å². The van der Waals surface area contributed by atoms with E-state index < -0.39 is 0 Å². The van der Waals surface area contributed by atoms with E-state index >= 15 is 0 Å². The third kappa shape index (κ3) is 7.12. The molecule has 0 aliphatic heterocycles. The molecule has 0 aliphatic carbocycles. The lowest BCUT2D eigenvalue weighted by Crippen LogP contribution is -2.17. The van der Waals surface area contributed by atoms with Crippen LogP contribution in [0.5, 0.6) is 28.7 Å². The molecule has 0 unspecified atom stereocenters. The van der Waals surface area contributed by atoms with Crippen LogP contribution in [0.2, 0.25) is 0 Å². The van der Waals surface area contributed by atoms with Crippen LogP contribution in [0.15, 0.2) is 39.5 Å². The standard InChI is InChI=1S/C30H40O7/c1-16(2)32-22-14-25(35-19(7)8)27-26(15-22)37-29(30(28(27)31)36-20(9)10)21-11-12-23(33-17(3)4)24(13-21)34-18(5)6/h11-20H,1-10H3. The lowest BCUT2D eigenvalue weighted by Gasteiger charge is -2.20. The predicted octanol–water partition coefficient (Wildman–Crippen LogP) is 7.40. The molecule has 1 aromatic heterocycles. The summed E-state index contributed by atoms with van der Waals surface area (Å²) in [5.41, 5.74) is 0.659. The van der Waals surface area contributed by atoms with Gasteiger partial charge in [-0.3, -0.25) is 4.79 Å². The minimum absolute atomic E-state index is 0.0300. The molecule has 3 rings (SSSR count). The van der Waals surface area contributed by atoms with Gasteiger partial charge in [0.2, 0.25) is 11.2 Å². The third-order valence-electron chi connectivity index (χ3n) is 4.91. The van der Waals surface area contributed by atoms with Crippen molar-refractivity contribution < 1.29 is 28.1 Å². The Morgan fingerprint density at radius 3 is 1.70 bits per heavy atom. The van der Waals surface area contributed by atoms with Gasteiger partial charge in [0.05, 0.1) is 30.5 Å². The van der Waals surface area contributed by atoms with Gasteiger partial charge in [0.1, 0.15) is 22.5 Å². The van der Waals surface area contributed by atoms with Crippen molar-refractivity contribution in [2.45, 2.75) is 99.8 Å². The van der Waals surface area contributed by atoms with E-state index in [0.717, 1.165) is 0 Å². The summed E-state index contributed by atoms with van der Waals surface area (Å²) in [4.78, 5) is 13.9. The molecule has 0 atom stereocenters. The summed E-state index contributed by atoms with van der Waals surface area (Å²) in [6.07, 6.45) is -0.588. The Morgan fingerprint density at radius 2 is 1.14 bits per heavy atom. The van der Waals surface area contributed by atoms with Gasteiger partial charge < -0.3 is 28.1 Å². The Balaban J connectivity index is 2.33. The lowest BCUT2D eigenvalue weighted by atomic mass is 10.1. The highest BCUT2D eigenvalue weighted by molar-refractivity contribution is 5.89. The average Bonchev–Trinajstić information content (AvgIpc) is 2.74. The van der Waals surface area contributed by atoms with Crippen molar-refractivity contribution in [3.8, 4) is 40.1 Å². The highest BCUT2D eigenvalue weighted by atomic mass is 16.5. The van der Waals surface area contributed by atoms with Crippen LogP contribution >= 0.6 is 0 Å². The molecule has 37 heavy (non-hydrogen) atoms. The molecule has 0 N–H and O–H groups in total. The number of rotatable bonds is 11. The summed E-state index contributed by atoms with van der Waals surface area (Å²) >= 11 is 0. The van der Waals surface area contributed by atoms with Gasteiger partial charge >= 0.3 is 0 Å². The van der Waals surface area contributed by atoms with Crippen molar-refractivity contribution in [3.05, 3.63) is 40.6 Å². The summed E-state index contributed by atoms with van der Waals surface area (Å²) in [5, 5.41) is 0.308. The number of hydrogen-bond acceptors (Lipinski definition) is 7. The monoisotopic (exact) mass is 512 g/mol. The van der Waals surface area contributed by atoms with Crippen LogP contribution in [0, 0.1) is 0 Å². The molecule has 202 valence electrons. The van der Waals surface area contributed by atoms with Gasteiger partial charge in [0.25, 0.3) is 0 Å². The van der Waals surface area contributed by atoms with E-state index in [1.165, 1.54) is 0 Å². The fourth-order valence-electron chi connectivity index (χ4n) is 3.81. The summed E-state index contributed by atoms with van der Waals surface area (Å²) in [6, 6.07) is 8.91. The molecule has 0 aliphatic rings. The Kier molecular flexibility index (Phi) is 9.00. The first-order valence-electron chi connectivity index (χ1n) is 13.0. The van der Waals surface area contributed by atoms with Crippen molar-refractivity contribution >= 4 is 11.0 Å². The minimum Gasteiger partial charge on any atom is -0.491 e. The molecule has 0 fully saturated rings. The number of benzene rings is 2. The summed E-state index contributed by atoms with van der Waals surface area (Å²) in [5.74, 6) is 2.52. The molecule has 7 nitrogen and oxygen atoms in total. The number of fused-ring (bicyclic) bond motifs is 1. The average molecular weight is 513 g/mol. The lowest BCUT2D eigenvalue weighted by molar-refractivity contribution is 0.199. The van der Waals surface area contributed by atoms with Crippen LogP contribution in [0.1, 0.15) is 69.2 Å². The van der Waals surface area contributed by atoms with Crippen LogP contribution in [0.4, 0.5) is 0 Å². The van der Waals surface area contributed by atoms with Crippen LogP contribution in [-0.4, -0.2) is 30.5 Å². The second-order valence-corrected chi connectivity index (χ2v) is 10.4. The normalized spacial score (nSPS) is 11.8. The van der Waals surface area contributed by atoms with Crippen molar-refractivity contribution in [1.82, 2.24) is 0 Å². The maximum absolute atomic E-state index is 13.9. The second kappa shape index (κ2) is 11.8. The first-order chi connectivity index (χ1) is 17.3. The molecule has 0 bridgehead atoms. The smallest absolute Gasteiger partial charge is 0.239 e. The van der Waals surface area contributed by atoms with E-state index in [2.05, 4.69) is 0 Å². The Labute approximate surface area is 219 Å². The second-order valence-electron chi connectivity index (χ2n) is 10.4. The van der Waals surface area contributed by atoms with E-state index in [1.807, 2.05) is 87.4 Å². The Morgan fingerprint density at radius 1 is 0.595 bits per heavy atom. The molecule has 0 amide bonds. The SMILES string of the molecule is CC(C)Oc1cc(OC(C)C)c2c(=O)c(OC(C)C)c(-c3ccc(OC(C)C)c(OC(C)C)c3)oc2c1. The van der Waals surface area contributed by atoms with E-state index in [-0.39, 0.29) is 41.7 Å². The van der Waals surface area contributed by atoms with Gasteiger partial charge in [0.15, 0.2) is 17.3 Å². The van der Waals surface area contributed by atoms with Gasteiger partial charge in [0, 0.05) is 17.7 Å². The Hall–Kier alpha value is -3.35. The van der Waals surface area contributed by atoms with Gasteiger partial charge in [-0.1, -0.05) is 0 Å². The zero-order valence-corrected chi connectivity index (χ0v) is 23.6. The molecule has 7 heteroatoms. The first kappa shape index (κ1) is 28.2. The van der Waals surface area contributed by atoms with Gasteiger partial charge in [-0.25, -0.2) is 0 Å². The fourth-order valence-corrected chi connectivity index (χ4v) is 3.81.